The summed E-state index contributed by atoms with van der Waals surface area (Å²) in [4.78, 5) is 0. The molecule has 13 heavy (non-hydrogen) atoms. The molecule has 0 rings (SSSR count). The van der Waals surface area contributed by atoms with Gasteiger partial charge in [-0.25, -0.2) is 8.42 Å². The second-order valence-electron chi connectivity index (χ2n) is 1.84. The lowest BCUT2D eigenvalue weighted by atomic mass is 11.4. The van der Waals surface area contributed by atoms with Gasteiger partial charge in [-0.1, -0.05) is 0 Å². The molecule has 0 saturated heterocycles. The lowest BCUT2D eigenvalue weighted by molar-refractivity contribution is -0.0128. The average molecular weight is 259 g/mol. The Morgan fingerprint density at radius 2 is 1.31 bits per heavy atom. The maximum absolute atomic E-state index is 12.8. The molecule has 0 aliphatic heterocycles. The van der Waals surface area contributed by atoms with Crippen LogP contribution in [0.3, 0.4) is 0 Å². The highest BCUT2D eigenvalue weighted by Crippen LogP contribution is 2.38. The third-order valence-corrected chi connectivity index (χ3v) is 4.21. The molecule has 0 aromatic rings. The number of hydrogen-bond acceptors (Lipinski definition) is 4. The molecule has 0 aromatic carbocycles. The van der Waals surface area contributed by atoms with Gasteiger partial charge in [-0.3, -0.25) is 0 Å². The van der Waals surface area contributed by atoms with Gasteiger partial charge in [-0.15, -0.1) is 0 Å². The van der Waals surface area contributed by atoms with Crippen LogP contribution >= 0.6 is 23.2 Å². The summed E-state index contributed by atoms with van der Waals surface area (Å²) in [7, 11) is -4.02. The van der Waals surface area contributed by atoms with Gasteiger partial charge in [0, 0.05) is 14.2 Å². The molecule has 80 valence electrons. The highest BCUT2D eigenvalue weighted by Gasteiger charge is 2.59. The Hall–Kier alpha value is 0.310. The Bertz CT molecular complexity index is 254. The maximum atomic E-state index is 12.8. The number of sulfone groups is 1. The first-order chi connectivity index (χ1) is 5.62. The molecular weight excluding hydrogens is 253 g/mol. The number of hydrogen-bond donors (Lipinski definition) is 0. The van der Waals surface area contributed by atoms with Gasteiger partial charge in [0.15, 0.2) is 0 Å². The summed E-state index contributed by atoms with van der Waals surface area (Å²) in [6.45, 7) is 0. The molecule has 0 N–H and O–H groups in total. The number of halogens is 4. The van der Waals surface area contributed by atoms with Crippen LogP contribution in [0.1, 0.15) is 0 Å². The Kier molecular flexibility index (Phi) is 3.91. The first-order valence-electron chi connectivity index (χ1n) is 2.72. The summed E-state index contributed by atoms with van der Waals surface area (Å²) >= 11 is 9.39. The van der Waals surface area contributed by atoms with E-state index in [9.17, 15) is 17.2 Å². The van der Waals surface area contributed by atoms with Crippen LogP contribution in [0.5, 0.6) is 0 Å². The Balaban J connectivity index is 5.23. The van der Waals surface area contributed by atoms with Crippen molar-refractivity contribution in [3.63, 3.8) is 0 Å². The van der Waals surface area contributed by atoms with Crippen molar-refractivity contribution in [3.8, 4) is 0 Å². The maximum Gasteiger partial charge on any atom is 0.397 e. The number of alkyl halides is 4. The zero-order valence-corrected chi connectivity index (χ0v) is 8.88. The van der Waals surface area contributed by atoms with Crippen molar-refractivity contribution >= 4 is 33.0 Å². The van der Waals surface area contributed by atoms with E-state index in [0.717, 1.165) is 0 Å². The second kappa shape index (κ2) is 3.82. The molecule has 0 aliphatic carbocycles. The van der Waals surface area contributed by atoms with Gasteiger partial charge in [0.25, 0.3) is 0 Å². The van der Waals surface area contributed by atoms with Crippen molar-refractivity contribution in [2.24, 2.45) is 0 Å². The third-order valence-electron chi connectivity index (χ3n) is 1.10. The molecule has 0 aromatic heterocycles. The van der Waals surface area contributed by atoms with Crippen LogP contribution in [0.15, 0.2) is 0 Å². The summed E-state index contributed by atoms with van der Waals surface area (Å²) in [5.41, 5.74) is 0. The summed E-state index contributed by atoms with van der Waals surface area (Å²) in [6, 6.07) is 0. The molecule has 0 heterocycles. The van der Waals surface area contributed by atoms with Crippen molar-refractivity contribution in [2.75, 3.05) is 14.2 Å². The van der Waals surface area contributed by atoms with Crippen LogP contribution in [0, 0.1) is 0 Å². The molecule has 2 atom stereocenters. The van der Waals surface area contributed by atoms with Gasteiger partial charge >= 0.3 is 19.1 Å². The normalized spacial score (nSPS) is 22.0. The van der Waals surface area contributed by atoms with E-state index >= 15 is 0 Å². The fourth-order valence-corrected chi connectivity index (χ4v) is 1.79. The van der Waals surface area contributed by atoms with Crippen LogP contribution in [-0.2, 0) is 19.3 Å². The van der Waals surface area contributed by atoms with Gasteiger partial charge in [-0.05, 0) is 23.2 Å². The Morgan fingerprint density at radius 1 is 1.08 bits per heavy atom. The molecule has 0 spiro atoms. The van der Waals surface area contributed by atoms with E-state index in [2.05, 4.69) is 9.47 Å². The van der Waals surface area contributed by atoms with Crippen molar-refractivity contribution < 1.29 is 26.7 Å². The molecule has 0 fully saturated rings. The smallest absolute Gasteiger partial charge is 0.325 e. The van der Waals surface area contributed by atoms with E-state index < -0.39 is 19.1 Å². The second-order valence-corrected chi connectivity index (χ2v) is 5.32. The molecule has 2 unspecified atom stereocenters. The van der Waals surface area contributed by atoms with E-state index in [1.54, 1.807) is 0 Å². The van der Waals surface area contributed by atoms with E-state index in [-0.39, 0.29) is 0 Å². The zero-order valence-electron chi connectivity index (χ0n) is 6.55. The van der Waals surface area contributed by atoms with E-state index in [1.807, 2.05) is 0 Å². The van der Waals surface area contributed by atoms with Gasteiger partial charge in [0.2, 0.25) is 0 Å². The predicted octanol–water partition coefficient (Wildman–Crippen LogP) is 1.33. The molecule has 0 aliphatic rings. The minimum Gasteiger partial charge on any atom is -0.325 e. The Labute approximate surface area is 83.6 Å². The molecule has 0 saturated carbocycles. The van der Waals surface area contributed by atoms with Crippen molar-refractivity contribution in [1.82, 2.24) is 0 Å². The van der Waals surface area contributed by atoms with E-state index in [4.69, 9.17) is 23.2 Å². The quantitative estimate of drug-likeness (QED) is 0.715. The zero-order chi connectivity index (χ0) is 10.9. The average Bonchev–Trinajstić information content (AvgIpc) is 2.03. The topological polar surface area (TPSA) is 52.6 Å². The summed E-state index contributed by atoms with van der Waals surface area (Å²) < 4.78 is 47.3. The summed E-state index contributed by atoms with van der Waals surface area (Å²) in [6.07, 6.45) is 0. The van der Waals surface area contributed by atoms with Gasteiger partial charge < -0.3 is 9.47 Å². The standard InChI is InChI=1S/C4H6Cl2F2O4S/c1-11-3(5,7)13(9,10)4(6,8)12-2/h1-2H3. The Morgan fingerprint density at radius 3 is 1.46 bits per heavy atom. The van der Waals surface area contributed by atoms with Crippen LogP contribution in [0.2, 0.25) is 0 Å². The molecule has 0 bridgehead atoms. The molecule has 0 radical (unpaired) electrons. The number of ether oxygens (including phenoxy) is 2. The van der Waals surface area contributed by atoms with E-state index in [1.165, 1.54) is 0 Å². The van der Waals surface area contributed by atoms with Gasteiger partial charge in [0.1, 0.15) is 0 Å². The van der Waals surface area contributed by atoms with Crippen LogP contribution in [-0.4, -0.2) is 31.9 Å². The first-order valence-corrected chi connectivity index (χ1v) is 4.96. The number of rotatable bonds is 4. The minimum atomic E-state index is -5.29. The van der Waals surface area contributed by atoms with Crippen LogP contribution in [0.4, 0.5) is 8.78 Å². The highest BCUT2D eigenvalue weighted by molar-refractivity contribution is 7.95. The number of methoxy groups -OCH3 is 2. The lowest BCUT2D eigenvalue weighted by Crippen LogP contribution is -2.43. The fraction of sp³-hybridized carbons (Fsp3) is 1.00. The van der Waals surface area contributed by atoms with Gasteiger partial charge in [0.05, 0.1) is 0 Å². The van der Waals surface area contributed by atoms with Crippen molar-refractivity contribution in [2.45, 2.75) is 9.29 Å². The van der Waals surface area contributed by atoms with Crippen molar-refractivity contribution in [3.05, 3.63) is 0 Å². The van der Waals surface area contributed by atoms with Crippen molar-refractivity contribution in [1.29, 1.82) is 0 Å². The summed E-state index contributed by atoms with van der Waals surface area (Å²) in [5, 5.41) is 0. The van der Waals surface area contributed by atoms with E-state index in [0.29, 0.717) is 14.2 Å². The SMILES string of the molecule is COC(F)(Cl)S(=O)(=O)C(F)(Cl)OC. The lowest BCUT2D eigenvalue weighted by Gasteiger charge is -2.22. The summed E-state index contributed by atoms with van der Waals surface area (Å²) in [5.74, 6) is 0. The molecule has 9 heteroatoms. The predicted molar refractivity (Wildman–Crippen MR) is 42.3 cm³/mol. The van der Waals surface area contributed by atoms with Gasteiger partial charge in [-0.2, -0.15) is 8.78 Å². The first kappa shape index (κ1) is 13.3. The van der Waals surface area contributed by atoms with Crippen LogP contribution < -0.4 is 0 Å². The molecular formula is C4H6Cl2F2O4S. The monoisotopic (exact) mass is 258 g/mol. The molecule has 0 amide bonds. The largest absolute Gasteiger partial charge is 0.397 e. The molecule has 4 nitrogen and oxygen atoms in total. The van der Waals surface area contributed by atoms with Crippen LogP contribution in [0.25, 0.3) is 0 Å². The third kappa shape index (κ3) is 2.21. The fourth-order valence-electron chi connectivity index (χ4n) is 0.358. The minimum absolute atomic E-state index is 0.632. The highest BCUT2D eigenvalue weighted by atomic mass is 35.5.